The Bertz CT molecular complexity index is 363. The van der Waals surface area contributed by atoms with Crippen LogP contribution in [0.5, 0.6) is 0 Å². The fourth-order valence-electron chi connectivity index (χ4n) is 1.47. The third-order valence-electron chi connectivity index (χ3n) is 2.41. The molecule has 0 saturated carbocycles. The van der Waals surface area contributed by atoms with Gasteiger partial charge in [0.2, 0.25) is 5.91 Å². The lowest BCUT2D eigenvalue weighted by molar-refractivity contribution is -0.125. The number of hydrogen-bond acceptors (Lipinski definition) is 2. The first-order valence-electron chi connectivity index (χ1n) is 5.61. The topological polar surface area (TPSA) is 33.2 Å². The largest absolute Gasteiger partial charge is 0.311 e. The van der Waals surface area contributed by atoms with Crippen molar-refractivity contribution >= 4 is 11.6 Å². The van der Waals surface area contributed by atoms with Crippen LogP contribution >= 0.6 is 0 Å². The minimum atomic E-state index is -0.360. The van der Waals surface area contributed by atoms with Gasteiger partial charge in [-0.2, -0.15) is 0 Å². The normalized spacial score (nSPS) is 11.3. The van der Waals surface area contributed by atoms with Gasteiger partial charge < -0.3 is 4.90 Å². The summed E-state index contributed by atoms with van der Waals surface area (Å²) in [5.74, 6) is 0.126. The molecule has 0 unspecified atom stereocenters. The number of rotatable bonds is 2. The maximum Gasteiger partial charge on any atom is 0.232 e. The summed E-state index contributed by atoms with van der Waals surface area (Å²) in [6, 6.07) is 3.86. The quantitative estimate of drug-likeness (QED) is 0.767. The smallest absolute Gasteiger partial charge is 0.232 e. The monoisotopic (exact) mass is 220 g/mol. The lowest BCUT2D eigenvalue weighted by atomic mass is 9.94. The lowest BCUT2D eigenvalue weighted by Crippen LogP contribution is -2.39. The molecule has 16 heavy (non-hydrogen) atoms. The van der Waals surface area contributed by atoms with Gasteiger partial charge in [0.15, 0.2) is 0 Å². The van der Waals surface area contributed by atoms with E-state index >= 15 is 0 Å². The van der Waals surface area contributed by atoms with Crippen molar-refractivity contribution in [3.05, 3.63) is 24.0 Å². The van der Waals surface area contributed by atoms with Crippen LogP contribution in [0, 0.1) is 12.3 Å². The fourth-order valence-corrected chi connectivity index (χ4v) is 1.47. The van der Waals surface area contributed by atoms with E-state index in [1.165, 1.54) is 0 Å². The van der Waals surface area contributed by atoms with Crippen molar-refractivity contribution in [3.63, 3.8) is 0 Å². The van der Waals surface area contributed by atoms with Crippen molar-refractivity contribution in [2.45, 2.75) is 34.6 Å². The van der Waals surface area contributed by atoms with Crippen LogP contribution in [0.3, 0.4) is 0 Å². The highest BCUT2D eigenvalue weighted by Gasteiger charge is 2.27. The lowest BCUT2D eigenvalue weighted by Gasteiger charge is -2.28. The molecule has 0 aliphatic carbocycles. The SMILES string of the molecule is CCN(C(=O)C(C)(C)C)c1ccc(C)nc1. The second-order valence-electron chi connectivity index (χ2n) is 4.96. The van der Waals surface area contributed by atoms with Gasteiger partial charge in [0.05, 0.1) is 11.9 Å². The van der Waals surface area contributed by atoms with Gasteiger partial charge in [-0.25, -0.2) is 0 Å². The third kappa shape index (κ3) is 2.81. The second-order valence-corrected chi connectivity index (χ2v) is 4.96. The molecular formula is C13H20N2O. The molecule has 1 aromatic heterocycles. The first-order valence-corrected chi connectivity index (χ1v) is 5.61. The molecule has 0 N–H and O–H groups in total. The minimum Gasteiger partial charge on any atom is -0.311 e. The molecular weight excluding hydrogens is 200 g/mol. The van der Waals surface area contributed by atoms with E-state index in [2.05, 4.69) is 4.98 Å². The van der Waals surface area contributed by atoms with Crippen molar-refractivity contribution in [1.82, 2.24) is 4.98 Å². The zero-order valence-electron chi connectivity index (χ0n) is 10.7. The van der Waals surface area contributed by atoms with E-state index in [4.69, 9.17) is 0 Å². The molecule has 3 nitrogen and oxygen atoms in total. The van der Waals surface area contributed by atoms with E-state index in [-0.39, 0.29) is 11.3 Å². The number of aryl methyl sites for hydroxylation is 1. The van der Waals surface area contributed by atoms with Gasteiger partial charge in [-0.05, 0) is 26.0 Å². The maximum atomic E-state index is 12.2. The third-order valence-corrected chi connectivity index (χ3v) is 2.41. The first-order chi connectivity index (χ1) is 7.36. The second kappa shape index (κ2) is 4.64. The number of amides is 1. The predicted octanol–water partition coefficient (Wildman–Crippen LogP) is 2.79. The number of nitrogens with zero attached hydrogens (tertiary/aromatic N) is 2. The van der Waals surface area contributed by atoms with Gasteiger partial charge in [-0.1, -0.05) is 20.8 Å². The van der Waals surface area contributed by atoms with Crippen LogP contribution < -0.4 is 4.90 Å². The molecule has 1 heterocycles. The molecule has 0 saturated heterocycles. The fraction of sp³-hybridized carbons (Fsp3) is 0.538. The van der Waals surface area contributed by atoms with E-state index < -0.39 is 0 Å². The van der Waals surface area contributed by atoms with Gasteiger partial charge >= 0.3 is 0 Å². The van der Waals surface area contributed by atoms with Crippen molar-refractivity contribution in [2.24, 2.45) is 5.41 Å². The van der Waals surface area contributed by atoms with Crippen LogP contribution in [0.4, 0.5) is 5.69 Å². The highest BCUT2D eigenvalue weighted by atomic mass is 16.2. The first kappa shape index (κ1) is 12.7. The summed E-state index contributed by atoms with van der Waals surface area (Å²) in [6.07, 6.45) is 1.75. The van der Waals surface area contributed by atoms with E-state index in [1.54, 1.807) is 11.1 Å². The van der Waals surface area contributed by atoms with Crippen molar-refractivity contribution in [3.8, 4) is 0 Å². The molecule has 0 aliphatic rings. The molecule has 1 rings (SSSR count). The van der Waals surface area contributed by atoms with E-state index in [0.29, 0.717) is 6.54 Å². The van der Waals surface area contributed by atoms with Gasteiger partial charge in [-0.15, -0.1) is 0 Å². The van der Waals surface area contributed by atoms with Crippen LogP contribution in [0.15, 0.2) is 18.3 Å². The summed E-state index contributed by atoms with van der Waals surface area (Å²) in [7, 11) is 0. The molecule has 1 amide bonds. The minimum absolute atomic E-state index is 0.126. The molecule has 0 aromatic carbocycles. The summed E-state index contributed by atoms with van der Waals surface area (Å²) in [5.41, 5.74) is 1.47. The molecule has 0 radical (unpaired) electrons. The van der Waals surface area contributed by atoms with Gasteiger partial charge in [0.25, 0.3) is 0 Å². The Morgan fingerprint density at radius 2 is 2.00 bits per heavy atom. The zero-order valence-corrected chi connectivity index (χ0v) is 10.7. The van der Waals surface area contributed by atoms with Crippen LogP contribution in [0.2, 0.25) is 0 Å². The molecule has 3 heteroatoms. The highest BCUT2D eigenvalue weighted by molar-refractivity contribution is 5.96. The van der Waals surface area contributed by atoms with E-state index in [0.717, 1.165) is 11.4 Å². The average molecular weight is 220 g/mol. The van der Waals surface area contributed by atoms with Gasteiger partial charge in [-0.3, -0.25) is 9.78 Å². The molecule has 0 atom stereocenters. The van der Waals surface area contributed by atoms with Gasteiger partial charge in [0, 0.05) is 17.7 Å². The standard InChI is InChI=1S/C13H20N2O/c1-6-15(12(16)13(3,4)5)11-8-7-10(2)14-9-11/h7-9H,6H2,1-5H3. The van der Waals surface area contributed by atoms with Crippen LogP contribution in [-0.4, -0.2) is 17.4 Å². The Morgan fingerprint density at radius 3 is 2.38 bits per heavy atom. The predicted molar refractivity (Wildman–Crippen MR) is 66.5 cm³/mol. The van der Waals surface area contributed by atoms with E-state index in [9.17, 15) is 4.79 Å². The number of hydrogen-bond donors (Lipinski definition) is 0. The highest BCUT2D eigenvalue weighted by Crippen LogP contribution is 2.22. The summed E-state index contributed by atoms with van der Waals surface area (Å²) in [5, 5.41) is 0. The number of anilines is 1. The number of aromatic nitrogens is 1. The molecule has 1 aromatic rings. The van der Waals surface area contributed by atoms with Crippen molar-refractivity contribution in [1.29, 1.82) is 0 Å². The Labute approximate surface area is 97.5 Å². The molecule has 0 spiro atoms. The van der Waals surface area contributed by atoms with E-state index in [1.807, 2.05) is 46.8 Å². The molecule has 0 fully saturated rings. The Balaban J connectivity index is 2.99. The van der Waals surface area contributed by atoms with Crippen LogP contribution in [0.25, 0.3) is 0 Å². The maximum absolute atomic E-state index is 12.2. The zero-order chi connectivity index (χ0) is 12.3. The summed E-state index contributed by atoms with van der Waals surface area (Å²) >= 11 is 0. The van der Waals surface area contributed by atoms with Crippen molar-refractivity contribution in [2.75, 3.05) is 11.4 Å². The summed E-state index contributed by atoms with van der Waals surface area (Å²) in [4.78, 5) is 18.2. The Hall–Kier alpha value is -1.38. The summed E-state index contributed by atoms with van der Waals surface area (Å²) in [6.45, 7) is 10.4. The number of carbonyl (C=O) groups excluding carboxylic acids is 1. The van der Waals surface area contributed by atoms with Crippen LogP contribution in [-0.2, 0) is 4.79 Å². The molecule has 88 valence electrons. The Morgan fingerprint density at radius 1 is 1.38 bits per heavy atom. The number of pyridine rings is 1. The van der Waals surface area contributed by atoms with Crippen LogP contribution in [0.1, 0.15) is 33.4 Å². The molecule has 0 aliphatic heterocycles. The summed E-state index contributed by atoms with van der Waals surface area (Å²) < 4.78 is 0. The van der Waals surface area contributed by atoms with Gasteiger partial charge in [0.1, 0.15) is 0 Å². The number of carbonyl (C=O) groups is 1. The average Bonchev–Trinajstić information content (AvgIpc) is 2.20. The van der Waals surface area contributed by atoms with Crippen molar-refractivity contribution < 1.29 is 4.79 Å². The Kier molecular flexibility index (Phi) is 3.68. The molecule has 0 bridgehead atoms.